The SMILES string of the molecule is CN(C)CCOc1cccc(CNC(=O)C2CCN(c3ccc(C(F)(F)F)cc3[N+](=O)[O-])CC2)c1. The Morgan fingerprint density at radius 2 is 1.91 bits per heavy atom. The quantitative estimate of drug-likeness (QED) is 0.418. The molecular weight excluding hydrogens is 465 g/mol. The first-order valence-electron chi connectivity index (χ1n) is 11.3. The molecule has 0 saturated carbocycles. The van der Waals surface area contributed by atoms with E-state index in [4.69, 9.17) is 4.74 Å². The van der Waals surface area contributed by atoms with Gasteiger partial charge in [-0.05, 0) is 56.8 Å². The first kappa shape index (κ1) is 26.3. The summed E-state index contributed by atoms with van der Waals surface area (Å²) in [5.41, 5.74) is -0.615. The van der Waals surface area contributed by atoms with Gasteiger partial charge in [0.15, 0.2) is 0 Å². The molecule has 2 aromatic carbocycles. The normalized spacial score (nSPS) is 14.7. The van der Waals surface area contributed by atoms with Gasteiger partial charge < -0.3 is 19.9 Å². The third-order valence-corrected chi connectivity index (χ3v) is 5.88. The first-order valence-corrected chi connectivity index (χ1v) is 11.3. The van der Waals surface area contributed by atoms with Gasteiger partial charge in [-0.25, -0.2) is 0 Å². The summed E-state index contributed by atoms with van der Waals surface area (Å²) in [5.74, 6) is 0.329. The van der Waals surface area contributed by atoms with Crippen LogP contribution in [0.1, 0.15) is 24.0 Å². The van der Waals surface area contributed by atoms with Gasteiger partial charge >= 0.3 is 6.18 Å². The van der Waals surface area contributed by atoms with E-state index in [9.17, 15) is 28.1 Å². The van der Waals surface area contributed by atoms with Gasteiger partial charge in [-0.2, -0.15) is 13.2 Å². The molecule has 8 nitrogen and oxygen atoms in total. The van der Waals surface area contributed by atoms with Gasteiger partial charge in [-0.15, -0.1) is 0 Å². The van der Waals surface area contributed by atoms with Crippen LogP contribution in [0.25, 0.3) is 0 Å². The Hall–Kier alpha value is -3.34. The van der Waals surface area contributed by atoms with E-state index in [1.54, 1.807) is 4.90 Å². The molecule has 0 aromatic heterocycles. The molecule has 1 heterocycles. The number of anilines is 1. The standard InChI is InChI=1S/C24H29F3N4O4/c1-29(2)12-13-35-20-5-3-4-17(14-20)16-28-23(32)18-8-10-30(11-9-18)21-7-6-19(24(25,26)27)15-22(21)31(33)34/h3-7,14-15,18H,8-13,16H2,1-2H3,(H,28,32). The molecule has 11 heteroatoms. The average Bonchev–Trinajstić information content (AvgIpc) is 2.81. The molecule has 3 rings (SSSR count). The fraction of sp³-hybridized carbons (Fsp3) is 0.458. The van der Waals surface area contributed by atoms with Crippen LogP contribution in [0.2, 0.25) is 0 Å². The van der Waals surface area contributed by atoms with E-state index in [1.165, 1.54) is 0 Å². The minimum atomic E-state index is -4.66. The van der Waals surface area contributed by atoms with Crippen molar-refractivity contribution in [1.82, 2.24) is 10.2 Å². The van der Waals surface area contributed by atoms with Crippen molar-refractivity contribution in [2.24, 2.45) is 5.92 Å². The van der Waals surface area contributed by atoms with Gasteiger partial charge in [0.05, 0.1) is 10.5 Å². The van der Waals surface area contributed by atoms with Crippen LogP contribution in [-0.4, -0.2) is 56.1 Å². The molecule has 0 bridgehead atoms. The highest BCUT2D eigenvalue weighted by Gasteiger charge is 2.34. The molecule has 1 saturated heterocycles. The van der Waals surface area contributed by atoms with Crippen molar-refractivity contribution >= 4 is 17.3 Å². The number of alkyl halides is 3. The second-order valence-electron chi connectivity index (χ2n) is 8.74. The number of rotatable bonds is 9. The number of ether oxygens (including phenoxy) is 1. The van der Waals surface area contributed by atoms with Crippen LogP contribution in [0.4, 0.5) is 24.5 Å². The fourth-order valence-electron chi connectivity index (χ4n) is 3.92. The van der Waals surface area contributed by atoms with E-state index in [0.717, 1.165) is 30.0 Å². The number of hydrogen-bond donors (Lipinski definition) is 1. The smallest absolute Gasteiger partial charge is 0.416 e. The van der Waals surface area contributed by atoms with Crippen molar-refractivity contribution in [2.75, 3.05) is 45.2 Å². The zero-order chi connectivity index (χ0) is 25.6. The summed E-state index contributed by atoms with van der Waals surface area (Å²) < 4.78 is 44.6. The van der Waals surface area contributed by atoms with Crippen molar-refractivity contribution in [2.45, 2.75) is 25.6 Å². The van der Waals surface area contributed by atoms with Crippen LogP contribution in [0.15, 0.2) is 42.5 Å². The molecule has 1 N–H and O–H groups in total. The van der Waals surface area contributed by atoms with Crippen molar-refractivity contribution in [1.29, 1.82) is 0 Å². The Balaban J connectivity index is 1.54. The number of likely N-dealkylation sites (N-methyl/N-ethyl adjacent to an activating group) is 1. The molecule has 1 aliphatic heterocycles. The summed E-state index contributed by atoms with van der Waals surface area (Å²) in [6, 6.07) is 10.0. The second kappa shape index (κ2) is 11.4. The zero-order valence-corrected chi connectivity index (χ0v) is 19.7. The number of hydrogen-bond acceptors (Lipinski definition) is 6. The van der Waals surface area contributed by atoms with E-state index >= 15 is 0 Å². The lowest BCUT2D eigenvalue weighted by Gasteiger charge is -2.32. The van der Waals surface area contributed by atoms with Gasteiger partial charge in [0.1, 0.15) is 18.0 Å². The van der Waals surface area contributed by atoms with Gasteiger partial charge in [0.25, 0.3) is 5.69 Å². The molecule has 0 atom stereocenters. The zero-order valence-electron chi connectivity index (χ0n) is 19.7. The van der Waals surface area contributed by atoms with Crippen molar-refractivity contribution in [3.8, 4) is 5.75 Å². The largest absolute Gasteiger partial charge is 0.492 e. The van der Waals surface area contributed by atoms with Crippen LogP contribution >= 0.6 is 0 Å². The predicted octanol–water partition coefficient (Wildman–Crippen LogP) is 4.09. The van der Waals surface area contributed by atoms with Crippen molar-refractivity contribution in [3.05, 3.63) is 63.7 Å². The molecule has 0 unspecified atom stereocenters. The predicted molar refractivity (Wildman–Crippen MR) is 125 cm³/mol. The third kappa shape index (κ3) is 7.32. The fourth-order valence-corrected chi connectivity index (χ4v) is 3.92. The lowest BCUT2D eigenvalue weighted by atomic mass is 9.95. The lowest BCUT2D eigenvalue weighted by Crippen LogP contribution is -2.40. The summed E-state index contributed by atoms with van der Waals surface area (Å²) in [4.78, 5) is 26.9. The first-order chi connectivity index (χ1) is 16.5. The molecule has 1 amide bonds. The van der Waals surface area contributed by atoms with Crippen LogP contribution < -0.4 is 15.0 Å². The molecule has 35 heavy (non-hydrogen) atoms. The van der Waals surface area contributed by atoms with E-state index in [0.29, 0.717) is 45.1 Å². The van der Waals surface area contributed by atoms with Gasteiger partial charge in [0.2, 0.25) is 5.91 Å². The van der Waals surface area contributed by atoms with E-state index in [1.807, 2.05) is 43.3 Å². The van der Waals surface area contributed by atoms with E-state index in [-0.39, 0.29) is 17.5 Å². The summed E-state index contributed by atoms with van der Waals surface area (Å²) in [6.45, 7) is 2.35. The number of nitrogens with zero attached hydrogens (tertiary/aromatic N) is 3. The number of halogens is 3. The summed E-state index contributed by atoms with van der Waals surface area (Å²) in [6.07, 6.45) is -3.78. The van der Waals surface area contributed by atoms with Crippen LogP contribution in [0.3, 0.4) is 0 Å². The number of piperidine rings is 1. The molecule has 1 fully saturated rings. The highest BCUT2D eigenvalue weighted by molar-refractivity contribution is 5.79. The van der Waals surface area contributed by atoms with Crippen LogP contribution in [0, 0.1) is 16.0 Å². The van der Waals surface area contributed by atoms with Gasteiger partial charge in [-0.1, -0.05) is 12.1 Å². The molecule has 0 radical (unpaired) electrons. The van der Waals surface area contributed by atoms with Crippen LogP contribution in [0.5, 0.6) is 5.75 Å². The Morgan fingerprint density at radius 3 is 2.54 bits per heavy atom. The van der Waals surface area contributed by atoms with E-state index < -0.39 is 22.4 Å². The number of carbonyl (C=O) groups excluding carboxylic acids is 1. The highest BCUT2D eigenvalue weighted by atomic mass is 19.4. The summed E-state index contributed by atoms with van der Waals surface area (Å²) in [7, 11) is 3.93. The van der Waals surface area contributed by atoms with Crippen molar-refractivity contribution < 1.29 is 27.6 Å². The molecular formula is C24H29F3N4O4. The maximum absolute atomic E-state index is 13.0. The average molecular weight is 495 g/mol. The molecule has 2 aromatic rings. The summed E-state index contributed by atoms with van der Waals surface area (Å²) >= 11 is 0. The maximum Gasteiger partial charge on any atom is 0.416 e. The second-order valence-corrected chi connectivity index (χ2v) is 8.74. The number of carbonyl (C=O) groups is 1. The molecule has 1 aliphatic rings. The number of amides is 1. The number of nitro groups is 1. The number of nitro benzene ring substituents is 1. The maximum atomic E-state index is 13.0. The van der Waals surface area contributed by atoms with Crippen molar-refractivity contribution in [3.63, 3.8) is 0 Å². The van der Waals surface area contributed by atoms with Gasteiger partial charge in [0, 0.05) is 38.2 Å². The summed E-state index contributed by atoms with van der Waals surface area (Å²) in [5, 5.41) is 14.3. The Morgan fingerprint density at radius 1 is 1.20 bits per heavy atom. The molecule has 0 aliphatic carbocycles. The van der Waals surface area contributed by atoms with E-state index in [2.05, 4.69) is 5.32 Å². The monoisotopic (exact) mass is 494 g/mol. The van der Waals surface area contributed by atoms with Gasteiger partial charge in [-0.3, -0.25) is 14.9 Å². The number of benzene rings is 2. The third-order valence-electron chi connectivity index (χ3n) is 5.88. The topological polar surface area (TPSA) is 88.0 Å². The Bertz CT molecular complexity index is 1040. The molecule has 0 spiro atoms. The highest BCUT2D eigenvalue weighted by Crippen LogP contribution is 2.37. The minimum Gasteiger partial charge on any atom is -0.492 e. The minimum absolute atomic E-state index is 0.120. The van der Waals surface area contributed by atoms with Crippen LogP contribution in [-0.2, 0) is 17.5 Å². The number of nitrogens with one attached hydrogen (secondary N) is 1. The Labute approximate surface area is 201 Å². The lowest BCUT2D eigenvalue weighted by molar-refractivity contribution is -0.384. The Kier molecular flexibility index (Phi) is 8.55. The molecule has 190 valence electrons.